The molecule has 0 heterocycles. The zero-order valence-electron chi connectivity index (χ0n) is 10.8. The van der Waals surface area contributed by atoms with Gasteiger partial charge in [0.25, 0.3) is 0 Å². The van der Waals surface area contributed by atoms with Gasteiger partial charge in [-0.1, -0.05) is 48.6 Å². The summed E-state index contributed by atoms with van der Waals surface area (Å²) in [5.41, 5.74) is 2.62. The molecule has 2 aliphatic rings. The van der Waals surface area contributed by atoms with Crippen LogP contribution < -0.4 is 10.4 Å². The third-order valence-electron chi connectivity index (χ3n) is 4.01. The van der Waals surface area contributed by atoms with E-state index in [1.54, 1.807) is 6.08 Å². The quantitative estimate of drug-likeness (QED) is 0.854. The van der Waals surface area contributed by atoms with Crippen LogP contribution in [-0.4, -0.2) is 11.1 Å². The lowest BCUT2D eigenvalue weighted by Crippen LogP contribution is -2.14. The molecule has 2 aromatic carbocycles. The molecule has 0 amide bonds. The van der Waals surface area contributed by atoms with Gasteiger partial charge in [0, 0.05) is 0 Å². The second-order valence-electron chi connectivity index (χ2n) is 5.08. The first-order chi connectivity index (χ1) is 9.75. The van der Waals surface area contributed by atoms with Gasteiger partial charge in [0.05, 0.1) is 5.57 Å². The van der Waals surface area contributed by atoms with E-state index in [4.69, 9.17) is 0 Å². The summed E-state index contributed by atoms with van der Waals surface area (Å²) < 4.78 is 0. The van der Waals surface area contributed by atoms with Crippen molar-refractivity contribution >= 4 is 40.5 Å². The number of benzene rings is 2. The van der Waals surface area contributed by atoms with E-state index in [2.05, 4.69) is 30.4 Å². The summed E-state index contributed by atoms with van der Waals surface area (Å²) in [5, 5.41) is 13.6. The smallest absolute Gasteiger partial charge is 0.336 e. The van der Waals surface area contributed by atoms with Crippen LogP contribution in [0.2, 0.25) is 0 Å². The van der Waals surface area contributed by atoms with Gasteiger partial charge >= 0.3 is 5.97 Å². The SMILES string of the molecule is O=C(O)C1=c2ccc3c4c(ccc3c2C=C1)=CCC=C4. The Kier molecular flexibility index (Phi) is 2.21. The van der Waals surface area contributed by atoms with E-state index in [9.17, 15) is 9.90 Å². The van der Waals surface area contributed by atoms with Crippen LogP contribution in [-0.2, 0) is 4.79 Å². The Labute approximate surface area is 115 Å². The van der Waals surface area contributed by atoms with Gasteiger partial charge in [-0.15, -0.1) is 0 Å². The molecule has 0 saturated carbocycles. The number of rotatable bonds is 1. The monoisotopic (exact) mass is 260 g/mol. The van der Waals surface area contributed by atoms with Gasteiger partial charge < -0.3 is 5.11 Å². The number of hydrogen-bond acceptors (Lipinski definition) is 1. The Hall–Kier alpha value is -2.61. The maximum atomic E-state index is 11.2. The molecule has 2 aromatic rings. The molecule has 0 spiro atoms. The van der Waals surface area contributed by atoms with Crippen LogP contribution >= 0.6 is 0 Å². The Morgan fingerprint density at radius 1 is 0.950 bits per heavy atom. The molecule has 0 radical (unpaired) electrons. The molecule has 96 valence electrons. The molecule has 0 saturated heterocycles. The third-order valence-corrected chi connectivity index (χ3v) is 4.01. The topological polar surface area (TPSA) is 37.3 Å². The van der Waals surface area contributed by atoms with Crippen LogP contribution in [0.3, 0.4) is 0 Å². The van der Waals surface area contributed by atoms with Crippen molar-refractivity contribution in [3.63, 3.8) is 0 Å². The van der Waals surface area contributed by atoms with E-state index in [0.29, 0.717) is 5.57 Å². The maximum absolute atomic E-state index is 11.2. The summed E-state index contributed by atoms with van der Waals surface area (Å²) in [7, 11) is 0. The van der Waals surface area contributed by atoms with Crippen molar-refractivity contribution in [3.8, 4) is 0 Å². The van der Waals surface area contributed by atoms with Crippen molar-refractivity contribution in [1.82, 2.24) is 0 Å². The summed E-state index contributed by atoms with van der Waals surface area (Å²) in [5.74, 6) is -0.870. The first-order valence-corrected chi connectivity index (χ1v) is 6.64. The van der Waals surface area contributed by atoms with E-state index in [0.717, 1.165) is 22.6 Å². The molecule has 2 aliphatic carbocycles. The maximum Gasteiger partial charge on any atom is 0.336 e. The van der Waals surface area contributed by atoms with Crippen LogP contribution in [0, 0.1) is 0 Å². The Morgan fingerprint density at radius 3 is 2.60 bits per heavy atom. The lowest BCUT2D eigenvalue weighted by molar-refractivity contribution is -0.130. The molecule has 0 aliphatic heterocycles. The lowest BCUT2D eigenvalue weighted by Gasteiger charge is -2.09. The van der Waals surface area contributed by atoms with Gasteiger partial charge in [0.15, 0.2) is 0 Å². The lowest BCUT2D eigenvalue weighted by atomic mass is 9.95. The molecule has 0 fully saturated rings. The van der Waals surface area contributed by atoms with Crippen LogP contribution in [0.25, 0.3) is 34.6 Å². The highest BCUT2D eigenvalue weighted by atomic mass is 16.4. The number of carbonyl (C=O) groups is 1. The average molecular weight is 260 g/mol. The Balaban J connectivity index is 2.17. The highest BCUT2D eigenvalue weighted by Crippen LogP contribution is 2.24. The van der Waals surface area contributed by atoms with Crippen LogP contribution in [0.4, 0.5) is 0 Å². The number of carboxylic acid groups (broad SMARTS) is 1. The van der Waals surface area contributed by atoms with Crippen LogP contribution in [0.15, 0.2) is 36.4 Å². The molecule has 4 rings (SSSR count). The summed E-state index contributed by atoms with van der Waals surface area (Å²) >= 11 is 0. The van der Waals surface area contributed by atoms with Crippen molar-refractivity contribution in [3.05, 3.63) is 58.0 Å². The number of allylic oxidation sites excluding steroid dienone is 1. The van der Waals surface area contributed by atoms with Gasteiger partial charge in [-0.3, -0.25) is 0 Å². The number of hydrogen-bond donors (Lipinski definition) is 1. The van der Waals surface area contributed by atoms with Crippen molar-refractivity contribution in [2.75, 3.05) is 0 Å². The Morgan fingerprint density at radius 2 is 1.75 bits per heavy atom. The molecule has 2 heteroatoms. The van der Waals surface area contributed by atoms with Gasteiger partial charge in [0.2, 0.25) is 0 Å². The fourth-order valence-electron chi connectivity index (χ4n) is 3.07. The van der Waals surface area contributed by atoms with Gasteiger partial charge in [0.1, 0.15) is 0 Å². The summed E-state index contributed by atoms with van der Waals surface area (Å²) in [6.07, 6.45) is 11.1. The standard InChI is InChI=1S/C18H12O2/c19-18(20)17-10-9-15-14-6-5-11-3-1-2-4-12(11)13(14)7-8-16(15)17/h2-10H,1H2,(H,19,20). The van der Waals surface area contributed by atoms with Crippen molar-refractivity contribution in [2.24, 2.45) is 0 Å². The number of aliphatic carboxylic acids is 1. The minimum Gasteiger partial charge on any atom is -0.478 e. The second kappa shape index (κ2) is 3.94. The molecule has 1 N–H and O–H groups in total. The zero-order valence-corrected chi connectivity index (χ0v) is 10.8. The van der Waals surface area contributed by atoms with Gasteiger partial charge in [-0.2, -0.15) is 0 Å². The molecular formula is C18H12O2. The average Bonchev–Trinajstić information content (AvgIpc) is 2.91. The first kappa shape index (κ1) is 11.2. The molecule has 2 nitrogen and oxygen atoms in total. The van der Waals surface area contributed by atoms with E-state index in [1.165, 1.54) is 16.2 Å². The molecular weight excluding hydrogens is 248 g/mol. The van der Waals surface area contributed by atoms with E-state index < -0.39 is 5.97 Å². The summed E-state index contributed by atoms with van der Waals surface area (Å²) in [6, 6.07) is 8.17. The fourth-order valence-corrected chi connectivity index (χ4v) is 3.07. The van der Waals surface area contributed by atoms with Gasteiger partial charge in [-0.25, -0.2) is 4.79 Å². The molecule has 20 heavy (non-hydrogen) atoms. The van der Waals surface area contributed by atoms with Gasteiger partial charge in [-0.05, 0) is 44.8 Å². The highest BCUT2D eigenvalue weighted by Gasteiger charge is 2.15. The molecule has 0 bridgehead atoms. The second-order valence-corrected chi connectivity index (χ2v) is 5.08. The fraction of sp³-hybridized carbons (Fsp3) is 0.0556. The van der Waals surface area contributed by atoms with Crippen molar-refractivity contribution in [2.45, 2.75) is 6.42 Å². The van der Waals surface area contributed by atoms with Crippen LogP contribution in [0.5, 0.6) is 0 Å². The zero-order chi connectivity index (χ0) is 13.7. The first-order valence-electron chi connectivity index (χ1n) is 6.64. The van der Waals surface area contributed by atoms with E-state index in [1.807, 2.05) is 18.2 Å². The predicted molar refractivity (Wildman–Crippen MR) is 81.4 cm³/mol. The van der Waals surface area contributed by atoms with E-state index in [-0.39, 0.29) is 0 Å². The largest absolute Gasteiger partial charge is 0.478 e. The molecule has 0 unspecified atom stereocenters. The highest BCUT2D eigenvalue weighted by molar-refractivity contribution is 6.17. The Bertz CT molecular complexity index is 944. The summed E-state index contributed by atoms with van der Waals surface area (Å²) in [6.45, 7) is 0. The normalized spacial score (nSPS) is 15.1. The molecule has 0 aromatic heterocycles. The van der Waals surface area contributed by atoms with Crippen LogP contribution in [0.1, 0.15) is 17.5 Å². The number of carboxylic acids is 1. The minimum absolute atomic E-state index is 0.377. The third kappa shape index (κ3) is 1.42. The van der Waals surface area contributed by atoms with Crippen molar-refractivity contribution < 1.29 is 9.90 Å². The minimum atomic E-state index is -0.870. The van der Waals surface area contributed by atoms with Crippen molar-refractivity contribution in [1.29, 1.82) is 0 Å². The van der Waals surface area contributed by atoms with E-state index >= 15 is 0 Å². The summed E-state index contributed by atoms with van der Waals surface area (Å²) in [4.78, 5) is 11.2. The predicted octanol–water partition coefficient (Wildman–Crippen LogP) is 2.30. The molecule has 0 atom stereocenters. The number of fused-ring (bicyclic) bond motifs is 5.